The molecule has 0 aliphatic heterocycles. The van der Waals surface area contributed by atoms with E-state index in [2.05, 4.69) is 10.1 Å². The molecule has 1 aliphatic rings. The van der Waals surface area contributed by atoms with E-state index in [-0.39, 0.29) is 0 Å². The molecule has 7 heteroatoms. The molecule has 112 valence electrons. The molecule has 0 atom stereocenters. The lowest BCUT2D eigenvalue weighted by molar-refractivity contribution is 0.425. The van der Waals surface area contributed by atoms with Gasteiger partial charge in [0.05, 0.1) is 22.0 Å². The van der Waals surface area contributed by atoms with E-state index in [1.165, 1.54) is 25.7 Å². The molecule has 3 rings (SSSR count). The minimum atomic E-state index is 0.360. The molecule has 0 amide bonds. The van der Waals surface area contributed by atoms with Crippen LogP contribution in [0, 0.1) is 0 Å². The molecule has 1 aromatic carbocycles. The van der Waals surface area contributed by atoms with Gasteiger partial charge in [0, 0.05) is 10.3 Å². The van der Waals surface area contributed by atoms with Gasteiger partial charge in [-0.25, -0.2) is 0 Å². The Labute approximate surface area is 137 Å². The summed E-state index contributed by atoms with van der Waals surface area (Å²) in [5.41, 5.74) is 6.93. The van der Waals surface area contributed by atoms with Gasteiger partial charge in [-0.2, -0.15) is 16.7 Å². The van der Waals surface area contributed by atoms with Crippen LogP contribution in [0.5, 0.6) is 0 Å². The first kappa shape index (κ1) is 15.0. The van der Waals surface area contributed by atoms with Gasteiger partial charge in [-0.1, -0.05) is 41.2 Å². The maximum atomic E-state index is 6.02. The summed E-state index contributed by atoms with van der Waals surface area (Å²) < 4.78 is 5.28. The maximum absolute atomic E-state index is 6.02. The van der Waals surface area contributed by atoms with Gasteiger partial charge in [0.25, 0.3) is 5.89 Å². The average molecular weight is 344 g/mol. The van der Waals surface area contributed by atoms with E-state index >= 15 is 0 Å². The van der Waals surface area contributed by atoms with Gasteiger partial charge in [0.15, 0.2) is 5.82 Å². The summed E-state index contributed by atoms with van der Waals surface area (Å²) in [5, 5.41) is 5.60. The summed E-state index contributed by atoms with van der Waals surface area (Å²) in [6.45, 7) is 0. The molecule has 1 fully saturated rings. The second kappa shape index (κ2) is 6.46. The molecule has 0 saturated heterocycles. The number of hydrogen-bond donors (Lipinski definition) is 1. The van der Waals surface area contributed by atoms with Gasteiger partial charge < -0.3 is 10.3 Å². The second-order valence-corrected chi connectivity index (χ2v) is 7.21. The van der Waals surface area contributed by atoms with Gasteiger partial charge in [-0.15, -0.1) is 0 Å². The highest BCUT2D eigenvalue weighted by Gasteiger charge is 2.18. The summed E-state index contributed by atoms with van der Waals surface area (Å²) in [7, 11) is 0. The summed E-state index contributed by atoms with van der Waals surface area (Å²) >= 11 is 13.9. The van der Waals surface area contributed by atoms with E-state index in [0.29, 0.717) is 33.0 Å². The molecular formula is C14H15Cl2N3OS. The van der Waals surface area contributed by atoms with Crippen LogP contribution in [0.15, 0.2) is 16.7 Å². The number of halogens is 2. The van der Waals surface area contributed by atoms with Crippen LogP contribution < -0.4 is 5.73 Å². The number of nitrogens with zero attached hydrogens (tertiary/aromatic N) is 2. The van der Waals surface area contributed by atoms with Gasteiger partial charge in [-0.3, -0.25) is 0 Å². The molecule has 0 unspecified atom stereocenters. The van der Waals surface area contributed by atoms with Crippen LogP contribution in [0.25, 0.3) is 11.5 Å². The molecule has 2 N–H and O–H groups in total. The van der Waals surface area contributed by atoms with Crippen molar-refractivity contribution in [1.29, 1.82) is 0 Å². The van der Waals surface area contributed by atoms with Crippen LogP contribution >= 0.6 is 35.0 Å². The van der Waals surface area contributed by atoms with E-state index in [9.17, 15) is 0 Å². The Kier molecular flexibility index (Phi) is 4.62. The molecule has 0 spiro atoms. The normalized spacial score (nSPS) is 15.7. The predicted octanol–water partition coefficient (Wildman–Crippen LogP) is 4.80. The first-order chi connectivity index (χ1) is 10.1. The minimum absolute atomic E-state index is 0.360. The Morgan fingerprint density at radius 1 is 1.29 bits per heavy atom. The van der Waals surface area contributed by atoms with Crippen molar-refractivity contribution < 1.29 is 4.52 Å². The third-order valence-electron chi connectivity index (χ3n) is 3.54. The number of anilines is 1. The van der Waals surface area contributed by atoms with Crippen LogP contribution in [-0.4, -0.2) is 15.4 Å². The molecule has 0 radical (unpaired) electrons. The van der Waals surface area contributed by atoms with Gasteiger partial charge in [-0.05, 0) is 25.0 Å². The molecule has 1 aromatic heterocycles. The van der Waals surface area contributed by atoms with Crippen molar-refractivity contribution in [3.63, 3.8) is 0 Å². The maximum Gasteiger partial charge on any atom is 0.260 e. The van der Waals surface area contributed by atoms with Crippen molar-refractivity contribution in [1.82, 2.24) is 10.1 Å². The quantitative estimate of drug-likeness (QED) is 0.807. The van der Waals surface area contributed by atoms with Crippen molar-refractivity contribution in [2.24, 2.45) is 0 Å². The highest BCUT2D eigenvalue weighted by atomic mass is 35.5. The van der Waals surface area contributed by atoms with Crippen molar-refractivity contribution in [2.75, 3.05) is 5.73 Å². The smallest absolute Gasteiger partial charge is 0.260 e. The van der Waals surface area contributed by atoms with Crippen molar-refractivity contribution in [2.45, 2.75) is 36.7 Å². The summed E-state index contributed by atoms with van der Waals surface area (Å²) in [6, 6.07) is 3.28. The lowest BCUT2D eigenvalue weighted by atomic mass is 10.2. The largest absolute Gasteiger partial charge is 0.397 e. The molecule has 4 nitrogen and oxygen atoms in total. The van der Waals surface area contributed by atoms with Crippen molar-refractivity contribution in [3.05, 3.63) is 28.0 Å². The van der Waals surface area contributed by atoms with E-state index in [0.717, 1.165) is 11.0 Å². The number of rotatable bonds is 4. The number of thioether (sulfide) groups is 1. The van der Waals surface area contributed by atoms with E-state index in [1.54, 1.807) is 12.1 Å². The Morgan fingerprint density at radius 2 is 2.05 bits per heavy atom. The predicted molar refractivity (Wildman–Crippen MR) is 87.7 cm³/mol. The molecule has 1 heterocycles. The lowest BCUT2D eigenvalue weighted by Crippen LogP contribution is -1.96. The average Bonchev–Trinajstić information content (AvgIpc) is 3.11. The van der Waals surface area contributed by atoms with Gasteiger partial charge >= 0.3 is 0 Å². The third kappa shape index (κ3) is 3.47. The number of nitrogen functional groups attached to an aromatic ring is 1. The monoisotopic (exact) mass is 343 g/mol. The Bertz CT molecular complexity index is 641. The number of hydrogen-bond acceptors (Lipinski definition) is 5. The second-order valence-electron chi connectivity index (χ2n) is 5.08. The third-order valence-corrected chi connectivity index (χ3v) is 5.44. The zero-order chi connectivity index (χ0) is 14.8. The molecule has 0 bridgehead atoms. The summed E-state index contributed by atoms with van der Waals surface area (Å²) in [4.78, 5) is 4.39. The van der Waals surface area contributed by atoms with Crippen molar-refractivity contribution in [3.8, 4) is 11.5 Å². The van der Waals surface area contributed by atoms with Crippen LogP contribution in [0.2, 0.25) is 10.0 Å². The Hall–Kier alpha value is -0.910. The van der Waals surface area contributed by atoms with Crippen LogP contribution in [0.3, 0.4) is 0 Å². The van der Waals surface area contributed by atoms with E-state index < -0.39 is 0 Å². The molecule has 2 aromatic rings. The fraction of sp³-hybridized carbons (Fsp3) is 0.429. The topological polar surface area (TPSA) is 64.9 Å². The fourth-order valence-corrected chi connectivity index (χ4v) is 4.09. The van der Waals surface area contributed by atoms with Crippen LogP contribution in [0.1, 0.15) is 31.5 Å². The number of aromatic nitrogens is 2. The molecule has 1 aliphatic carbocycles. The highest BCUT2D eigenvalue weighted by Crippen LogP contribution is 2.35. The van der Waals surface area contributed by atoms with E-state index in [4.69, 9.17) is 33.5 Å². The van der Waals surface area contributed by atoms with Crippen molar-refractivity contribution >= 4 is 40.7 Å². The SMILES string of the molecule is Nc1c(Cl)cc(Cl)cc1-c1nc(CSC2CCCC2)no1. The van der Waals surface area contributed by atoms with Crippen LogP contribution in [-0.2, 0) is 5.75 Å². The highest BCUT2D eigenvalue weighted by molar-refractivity contribution is 7.99. The Morgan fingerprint density at radius 3 is 2.81 bits per heavy atom. The standard InChI is InChI=1S/C14H15Cl2N3OS/c15-8-5-10(13(17)11(16)6-8)14-18-12(19-20-14)7-21-9-3-1-2-4-9/h5-6,9H,1-4,7,17H2. The van der Waals surface area contributed by atoms with Gasteiger partial charge in [0.2, 0.25) is 0 Å². The minimum Gasteiger partial charge on any atom is -0.397 e. The molecule has 21 heavy (non-hydrogen) atoms. The lowest BCUT2D eigenvalue weighted by Gasteiger charge is -2.05. The first-order valence-electron chi connectivity index (χ1n) is 6.82. The molecular weight excluding hydrogens is 329 g/mol. The number of nitrogens with two attached hydrogens (primary N) is 1. The fourth-order valence-electron chi connectivity index (χ4n) is 2.43. The zero-order valence-corrected chi connectivity index (χ0v) is 13.6. The zero-order valence-electron chi connectivity index (χ0n) is 11.3. The summed E-state index contributed by atoms with van der Waals surface area (Å²) in [5.74, 6) is 1.79. The van der Waals surface area contributed by atoms with Crippen LogP contribution in [0.4, 0.5) is 5.69 Å². The van der Waals surface area contributed by atoms with Gasteiger partial charge in [0.1, 0.15) is 0 Å². The molecule has 1 saturated carbocycles. The summed E-state index contributed by atoms with van der Waals surface area (Å²) in [6.07, 6.45) is 5.22. The number of benzene rings is 1. The van der Waals surface area contributed by atoms with E-state index in [1.807, 2.05) is 11.8 Å². The Balaban J connectivity index is 1.75. The first-order valence-corrected chi connectivity index (χ1v) is 8.63.